The number of carbonyl (C=O) groups is 2. The fourth-order valence-corrected chi connectivity index (χ4v) is 3.12. The number of ether oxygens (including phenoxy) is 1. The molecule has 0 unspecified atom stereocenters. The molecule has 6 nitrogen and oxygen atoms in total. The third-order valence-electron chi connectivity index (χ3n) is 4.34. The van der Waals surface area contributed by atoms with E-state index in [4.69, 9.17) is 9.84 Å². The van der Waals surface area contributed by atoms with E-state index in [1.165, 1.54) is 12.1 Å². The van der Waals surface area contributed by atoms with E-state index >= 15 is 0 Å². The van der Waals surface area contributed by atoms with Gasteiger partial charge in [-0.2, -0.15) is 0 Å². The van der Waals surface area contributed by atoms with Crippen molar-refractivity contribution in [3.63, 3.8) is 0 Å². The minimum atomic E-state index is -1.10. The summed E-state index contributed by atoms with van der Waals surface area (Å²) in [5.74, 6) is -0.365. The van der Waals surface area contributed by atoms with Gasteiger partial charge in [-0.15, -0.1) is 10.2 Å². The normalized spacial score (nSPS) is 21.5. The molecular weight excluding hydrogens is 260 g/mol. The molecule has 1 aromatic heterocycles. The Kier molecular flexibility index (Phi) is 3.16. The third-order valence-corrected chi connectivity index (χ3v) is 4.34. The Morgan fingerprint density at radius 3 is 2.50 bits per heavy atom. The zero-order chi connectivity index (χ0) is 14.2. The van der Waals surface area contributed by atoms with Gasteiger partial charge in [0.15, 0.2) is 5.69 Å². The van der Waals surface area contributed by atoms with Crippen LogP contribution >= 0.6 is 0 Å². The topological polar surface area (TPSA) is 89.4 Å². The minimum Gasteiger partial charge on any atom is -0.476 e. The van der Waals surface area contributed by atoms with Gasteiger partial charge in [0, 0.05) is 18.9 Å². The molecule has 0 aliphatic heterocycles. The van der Waals surface area contributed by atoms with Gasteiger partial charge < -0.3 is 9.84 Å². The van der Waals surface area contributed by atoms with Crippen LogP contribution in [0.3, 0.4) is 0 Å². The van der Waals surface area contributed by atoms with Gasteiger partial charge in [0.25, 0.3) is 0 Å². The molecule has 2 aliphatic rings. The van der Waals surface area contributed by atoms with Gasteiger partial charge in [-0.05, 0) is 37.2 Å². The van der Waals surface area contributed by atoms with Gasteiger partial charge in [0.2, 0.25) is 5.88 Å². The Hall–Kier alpha value is -1.98. The van der Waals surface area contributed by atoms with Crippen LogP contribution in [0.1, 0.15) is 49.0 Å². The molecule has 2 saturated carbocycles. The van der Waals surface area contributed by atoms with Gasteiger partial charge in [0.05, 0.1) is 0 Å². The van der Waals surface area contributed by atoms with Crippen LogP contribution < -0.4 is 4.74 Å². The fraction of sp³-hybridized carbons (Fsp3) is 0.571. The number of aromatic nitrogens is 2. The Balaban J connectivity index is 1.53. The second-order valence-corrected chi connectivity index (χ2v) is 5.75. The molecule has 1 heterocycles. The van der Waals surface area contributed by atoms with Gasteiger partial charge in [-0.3, -0.25) is 4.79 Å². The number of rotatable bonds is 3. The number of carboxylic acid groups (broad SMARTS) is 1. The number of nitrogens with zero attached hydrogens (tertiary/aromatic N) is 2. The Bertz CT molecular complexity index is 523. The van der Waals surface area contributed by atoms with E-state index in [9.17, 15) is 9.59 Å². The lowest BCUT2D eigenvalue weighted by molar-refractivity contribution is -0.126. The summed E-state index contributed by atoms with van der Waals surface area (Å²) < 4.78 is 5.69. The summed E-state index contributed by atoms with van der Waals surface area (Å²) >= 11 is 0. The average Bonchev–Trinajstić information content (AvgIpc) is 2.40. The van der Waals surface area contributed by atoms with E-state index < -0.39 is 5.97 Å². The maximum Gasteiger partial charge on any atom is 0.356 e. The largest absolute Gasteiger partial charge is 0.476 e. The van der Waals surface area contributed by atoms with Crippen LogP contribution in [0, 0.1) is 5.41 Å². The number of ketones is 1. The van der Waals surface area contributed by atoms with E-state index in [1.54, 1.807) is 0 Å². The molecule has 3 rings (SSSR count). The van der Waals surface area contributed by atoms with Crippen molar-refractivity contribution < 1.29 is 19.4 Å². The zero-order valence-electron chi connectivity index (χ0n) is 11.0. The molecule has 1 spiro atoms. The molecule has 0 saturated heterocycles. The first-order valence-electron chi connectivity index (χ1n) is 6.82. The second kappa shape index (κ2) is 4.85. The fourth-order valence-electron chi connectivity index (χ4n) is 3.12. The molecule has 0 bridgehead atoms. The molecule has 20 heavy (non-hydrogen) atoms. The van der Waals surface area contributed by atoms with E-state index in [0.29, 0.717) is 24.5 Å². The monoisotopic (exact) mass is 276 g/mol. The van der Waals surface area contributed by atoms with Gasteiger partial charge >= 0.3 is 5.97 Å². The van der Waals surface area contributed by atoms with Crippen LogP contribution in [-0.2, 0) is 4.79 Å². The SMILES string of the molecule is O=C1CCC2(CC1)CC(Oc1ccc(C(=O)O)nn1)C2. The van der Waals surface area contributed by atoms with Gasteiger partial charge in [-0.25, -0.2) is 4.79 Å². The summed E-state index contributed by atoms with van der Waals surface area (Å²) in [5.41, 5.74) is 0.195. The first-order chi connectivity index (χ1) is 9.56. The second-order valence-electron chi connectivity index (χ2n) is 5.75. The molecule has 1 N–H and O–H groups in total. The van der Waals surface area contributed by atoms with E-state index in [2.05, 4.69) is 10.2 Å². The van der Waals surface area contributed by atoms with Crippen molar-refractivity contribution in [1.29, 1.82) is 0 Å². The van der Waals surface area contributed by atoms with Gasteiger partial charge in [-0.1, -0.05) is 0 Å². The summed E-state index contributed by atoms with van der Waals surface area (Å²) in [4.78, 5) is 21.9. The molecule has 0 amide bonds. The Morgan fingerprint density at radius 1 is 1.25 bits per heavy atom. The van der Waals surface area contributed by atoms with E-state index in [-0.39, 0.29) is 17.2 Å². The van der Waals surface area contributed by atoms with Crippen molar-refractivity contribution in [1.82, 2.24) is 10.2 Å². The highest BCUT2D eigenvalue weighted by Crippen LogP contribution is 2.51. The van der Waals surface area contributed by atoms with Crippen molar-refractivity contribution in [2.75, 3.05) is 0 Å². The molecule has 0 atom stereocenters. The number of hydrogen-bond acceptors (Lipinski definition) is 5. The quantitative estimate of drug-likeness (QED) is 0.906. The number of aromatic carboxylic acids is 1. The number of carboxylic acids is 1. The number of Topliss-reactive ketones (excluding diaryl/α,β-unsaturated/α-hetero) is 1. The maximum atomic E-state index is 11.3. The molecule has 2 fully saturated rings. The molecule has 0 radical (unpaired) electrons. The molecule has 106 valence electrons. The number of hydrogen-bond donors (Lipinski definition) is 1. The van der Waals surface area contributed by atoms with Crippen LogP contribution in [0.15, 0.2) is 12.1 Å². The average molecular weight is 276 g/mol. The summed E-state index contributed by atoms with van der Waals surface area (Å²) in [7, 11) is 0. The zero-order valence-corrected chi connectivity index (χ0v) is 11.0. The van der Waals surface area contributed by atoms with Crippen molar-refractivity contribution in [3.05, 3.63) is 17.8 Å². The highest BCUT2D eigenvalue weighted by molar-refractivity contribution is 5.84. The predicted octanol–water partition coefficient (Wildman–Crippen LogP) is 1.85. The van der Waals surface area contributed by atoms with Crippen molar-refractivity contribution in [2.24, 2.45) is 5.41 Å². The van der Waals surface area contributed by atoms with E-state index in [0.717, 1.165) is 25.7 Å². The lowest BCUT2D eigenvalue weighted by Crippen LogP contribution is -2.46. The van der Waals surface area contributed by atoms with Crippen LogP contribution in [-0.4, -0.2) is 33.2 Å². The van der Waals surface area contributed by atoms with Crippen molar-refractivity contribution >= 4 is 11.8 Å². The highest BCUT2D eigenvalue weighted by Gasteiger charge is 2.47. The summed E-state index contributed by atoms with van der Waals surface area (Å²) in [6.07, 6.45) is 5.32. The molecule has 2 aliphatic carbocycles. The Labute approximate surface area is 116 Å². The molecular formula is C14H16N2O4. The van der Waals surface area contributed by atoms with Crippen LogP contribution in [0.4, 0.5) is 0 Å². The lowest BCUT2D eigenvalue weighted by Gasteiger charge is -2.49. The van der Waals surface area contributed by atoms with Gasteiger partial charge in [0.1, 0.15) is 11.9 Å². The number of carbonyl (C=O) groups excluding carboxylic acids is 1. The Morgan fingerprint density at radius 2 is 1.95 bits per heavy atom. The first kappa shape index (κ1) is 13.0. The highest BCUT2D eigenvalue weighted by atomic mass is 16.5. The predicted molar refractivity (Wildman–Crippen MR) is 68.5 cm³/mol. The molecule has 0 aromatic carbocycles. The lowest BCUT2D eigenvalue weighted by atomic mass is 9.59. The summed E-state index contributed by atoms with van der Waals surface area (Å²) in [6, 6.07) is 2.92. The van der Waals surface area contributed by atoms with Crippen molar-refractivity contribution in [2.45, 2.75) is 44.6 Å². The first-order valence-corrected chi connectivity index (χ1v) is 6.82. The smallest absolute Gasteiger partial charge is 0.356 e. The molecule has 6 heteroatoms. The molecule has 1 aromatic rings. The van der Waals surface area contributed by atoms with Crippen LogP contribution in [0.2, 0.25) is 0 Å². The standard InChI is InChI=1S/C14H16N2O4/c17-9-3-5-14(6-4-9)7-10(8-14)20-12-2-1-11(13(18)19)15-16-12/h1-2,10H,3-8H2,(H,18,19). The minimum absolute atomic E-state index is 0.0896. The van der Waals surface area contributed by atoms with Crippen LogP contribution in [0.25, 0.3) is 0 Å². The maximum absolute atomic E-state index is 11.3. The summed E-state index contributed by atoms with van der Waals surface area (Å²) in [6.45, 7) is 0. The third kappa shape index (κ3) is 2.50. The van der Waals surface area contributed by atoms with E-state index in [1.807, 2.05) is 0 Å². The van der Waals surface area contributed by atoms with Crippen molar-refractivity contribution in [3.8, 4) is 5.88 Å². The van der Waals surface area contributed by atoms with Crippen LogP contribution in [0.5, 0.6) is 5.88 Å². The summed E-state index contributed by atoms with van der Waals surface area (Å²) in [5, 5.41) is 16.1.